The summed E-state index contributed by atoms with van der Waals surface area (Å²) in [5.41, 5.74) is 0. The molecule has 25 heavy (non-hydrogen) atoms. The van der Waals surface area contributed by atoms with Gasteiger partial charge in [0.1, 0.15) is 12.4 Å². The number of guanidine groups is 1. The molecule has 0 aliphatic heterocycles. The van der Waals surface area contributed by atoms with Crippen molar-refractivity contribution < 1.29 is 4.42 Å². The fraction of sp³-hybridized carbons (Fsp3) is 0.353. The largest absolute Gasteiger partial charge is 0.461 e. The highest BCUT2D eigenvalue weighted by Gasteiger charge is 2.08. The first-order valence-electron chi connectivity index (χ1n) is 8.33. The maximum atomic E-state index is 5.29. The van der Waals surface area contributed by atoms with Gasteiger partial charge < -0.3 is 15.1 Å². The third kappa shape index (κ3) is 4.69. The van der Waals surface area contributed by atoms with Crippen LogP contribution in [-0.2, 0) is 19.5 Å². The summed E-state index contributed by atoms with van der Waals surface area (Å²) in [6, 6.07) is 7.97. The Morgan fingerprint density at radius 3 is 2.84 bits per heavy atom. The first kappa shape index (κ1) is 17.2. The first-order chi connectivity index (χ1) is 12.3. The Morgan fingerprint density at radius 1 is 1.24 bits per heavy atom. The number of hydrogen-bond acceptors (Lipinski definition) is 5. The highest BCUT2D eigenvalue weighted by atomic mass is 32.1. The van der Waals surface area contributed by atoms with Gasteiger partial charge in [-0.2, -0.15) is 0 Å². The Kier molecular flexibility index (Phi) is 5.84. The van der Waals surface area contributed by atoms with Crippen LogP contribution >= 0.6 is 11.3 Å². The average molecular weight is 358 g/mol. The van der Waals surface area contributed by atoms with E-state index < -0.39 is 0 Å². The number of aromatic nitrogens is 3. The van der Waals surface area contributed by atoms with Crippen LogP contribution in [0.3, 0.4) is 0 Å². The number of rotatable bonds is 7. The normalized spacial score (nSPS) is 11.7. The van der Waals surface area contributed by atoms with Crippen molar-refractivity contribution in [3.63, 3.8) is 0 Å². The second-order valence-electron chi connectivity index (χ2n) is 5.35. The van der Waals surface area contributed by atoms with E-state index in [0.717, 1.165) is 25.5 Å². The summed E-state index contributed by atoms with van der Waals surface area (Å²) >= 11 is 1.83. The second-order valence-corrected chi connectivity index (χ2v) is 6.61. The average Bonchev–Trinajstić information content (AvgIpc) is 3.38. The number of aryl methyl sites for hydroxylation is 1. The number of hydrogen-bond donors (Lipinski definition) is 3. The minimum atomic E-state index is 0.410. The molecule has 0 aliphatic carbocycles. The standard InChI is InChI=1S/C17H22N6OS/c1-3-12-7-8-13(25-12)10-19-17(18-4-2)20-11-15-21-16(23-22-15)14-6-5-9-24-14/h5-9H,3-4,10-11H2,1-2H3,(H2,18,19,20)(H,21,22,23). The molecular weight excluding hydrogens is 336 g/mol. The lowest BCUT2D eigenvalue weighted by atomic mass is 10.4. The van der Waals surface area contributed by atoms with E-state index in [1.807, 2.05) is 30.4 Å². The van der Waals surface area contributed by atoms with Crippen molar-refractivity contribution in [2.45, 2.75) is 33.4 Å². The van der Waals surface area contributed by atoms with Crippen molar-refractivity contribution >= 4 is 17.3 Å². The molecule has 0 radical (unpaired) electrons. The van der Waals surface area contributed by atoms with E-state index in [1.165, 1.54) is 9.75 Å². The van der Waals surface area contributed by atoms with E-state index in [2.05, 4.69) is 49.9 Å². The molecule has 0 amide bonds. The van der Waals surface area contributed by atoms with Crippen molar-refractivity contribution in [3.05, 3.63) is 46.1 Å². The highest BCUT2D eigenvalue weighted by Crippen LogP contribution is 2.16. The summed E-state index contributed by atoms with van der Waals surface area (Å²) in [4.78, 5) is 11.6. The van der Waals surface area contributed by atoms with Crippen LogP contribution in [0.4, 0.5) is 0 Å². The lowest BCUT2D eigenvalue weighted by Crippen LogP contribution is -2.36. The molecule has 8 heteroatoms. The van der Waals surface area contributed by atoms with Crippen molar-refractivity contribution in [1.29, 1.82) is 0 Å². The van der Waals surface area contributed by atoms with Crippen LogP contribution in [0, 0.1) is 0 Å². The van der Waals surface area contributed by atoms with E-state index in [9.17, 15) is 0 Å². The number of nitrogens with zero attached hydrogens (tertiary/aromatic N) is 3. The molecule has 0 saturated carbocycles. The Hall–Kier alpha value is -2.61. The molecule has 0 unspecified atom stereocenters. The Bertz CT molecular complexity index is 805. The van der Waals surface area contributed by atoms with Gasteiger partial charge in [-0.25, -0.2) is 9.98 Å². The molecular formula is C17H22N6OS. The number of furan rings is 1. The molecule has 0 aliphatic rings. The number of aliphatic imine (C=N–C) groups is 1. The Morgan fingerprint density at radius 2 is 2.12 bits per heavy atom. The van der Waals surface area contributed by atoms with Gasteiger partial charge in [-0.15, -0.1) is 16.4 Å². The number of H-pyrrole nitrogens is 1. The molecule has 0 saturated heterocycles. The van der Waals surface area contributed by atoms with Gasteiger partial charge in [0, 0.05) is 16.3 Å². The summed E-state index contributed by atoms with van der Waals surface area (Å²) in [6.07, 6.45) is 2.67. The summed E-state index contributed by atoms with van der Waals surface area (Å²) in [7, 11) is 0. The predicted molar refractivity (Wildman–Crippen MR) is 99.4 cm³/mol. The maximum absolute atomic E-state index is 5.29. The van der Waals surface area contributed by atoms with E-state index in [-0.39, 0.29) is 0 Å². The number of aromatic amines is 1. The molecule has 3 N–H and O–H groups in total. The molecule has 3 heterocycles. The molecule has 3 rings (SSSR count). The highest BCUT2D eigenvalue weighted by molar-refractivity contribution is 7.11. The quantitative estimate of drug-likeness (QED) is 0.446. The topological polar surface area (TPSA) is 91.1 Å². The van der Waals surface area contributed by atoms with Gasteiger partial charge in [0.05, 0.1) is 12.8 Å². The van der Waals surface area contributed by atoms with Gasteiger partial charge in [-0.1, -0.05) is 6.92 Å². The van der Waals surface area contributed by atoms with E-state index in [4.69, 9.17) is 4.42 Å². The van der Waals surface area contributed by atoms with Crippen LogP contribution in [0.2, 0.25) is 0 Å². The second kappa shape index (κ2) is 8.48. The minimum absolute atomic E-state index is 0.410. The van der Waals surface area contributed by atoms with E-state index in [1.54, 1.807) is 6.26 Å². The van der Waals surface area contributed by atoms with Crippen molar-refractivity contribution in [1.82, 2.24) is 25.8 Å². The monoisotopic (exact) mass is 358 g/mol. The van der Waals surface area contributed by atoms with Crippen molar-refractivity contribution in [2.75, 3.05) is 6.54 Å². The molecule has 0 atom stereocenters. The molecule has 132 valence electrons. The zero-order chi connectivity index (χ0) is 17.5. The van der Waals surface area contributed by atoms with Crippen molar-refractivity contribution in [3.8, 4) is 11.6 Å². The van der Waals surface area contributed by atoms with E-state index >= 15 is 0 Å². The minimum Gasteiger partial charge on any atom is -0.461 e. The summed E-state index contributed by atoms with van der Waals surface area (Å²) < 4.78 is 5.29. The smallest absolute Gasteiger partial charge is 0.216 e. The van der Waals surface area contributed by atoms with Crippen LogP contribution in [-0.4, -0.2) is 27.7 Å². The first-order valence-corrected chi connectivity index (χ1v) is 9.15. The number of thiophene rings is 1. The molecule has 3 aromatic rings. The Labute approximate surface area is 150 Å². The van der Waals surface area contributed by atoms with Gasteiger partial charge >= 0.3 is 0 Å². The molecule has 0 bridgehead atoms. The van der Waals surface area contributed by atoms with Crippen LogP contribution in [0.15, 0.2) is 39.9 Å². The lowest BCUT2D eigenvalue weighted by molar-refractivity contribution is 0.577. The lowest BCUT2D eigenvalue weighted by Gasteiger charge is -2.09. The molecule has 0 aromatic carbocycles. The third-order valence-electron chi connectivity index (χ3n) is 3.50. The SMILES string of the molecule is CCNC(=NCc1nc(-c2ccco2)n[nH]1)NCc1ccc(CC)s1. The van der Waals surface area contributed by atoms with Crippen LogP contribution in [0.25, 0.3) is 11.6 Å². The number of nitrogens with one attached hydrogen (secondary N) is 3. The Balaban J connectivity index is 1.59. The maximum Gasteiger partial charge on any atom is 0.216 e. The van der Waals surface area contributed by atoms with E-state index in [0.29, 0.717) is 24.0 Å². The molecule has 0 fully saturated rings. The van der Waals surface area contributed by atoms with Gasteiger partial charge in [-0.05, 0) is 37.6 Å². The molecule has 0 spiro atoms. The summed E-state index contributed by atoms with van der Waals surface area (Å²) in [5.74, 6) is 2.62. The van der Waals surface area contributed by atoms with Crippen LogP contribution < -0.4 is 10.6 Å². The third-order valence-corrected chi connectivity index (χ3v) is 4.73. The fourth-order valence-corrected chi connectivity index (χ4v) is 3.15. The van der Waals surface area contributed by atoms with Crippen molar-refractivity contribution in [2.24, 2.45) is 4.99 Å². The predicted octanol–water partition coefficient (Wildman–Crippen LogP) is 2.94. The molecule has 7 nitrogen and oxygen atoms in total. The van der Waals surface area contributed by atoms with Crippen LogP contribution in [0.5, 0.6) is 0 Å². The fourth-order valence-electron chi connectivity index (χ4n) is 2.26. The summed E-state index contributed by atoms with van der Waals surface area (Å²) in [6.45, 7) is 6.17. The van der Waals surface area contributed by atoms with Gasteiger partial charge in [0.15, 0.2) is 11.7 Å². The van der Waals surface area contributed by atoms with Gasteiger partial charge in [0.2, 0.25) is 5.82 Å². The van der Waals surface area contributed by atoms with Crippen LogP contribution in [0.1, 0.15) is 29.4 Å². The summed E-state index contributed by atoms with van der Waals surface area (Å²) in [5, 5.41) is 13.6. The molecule has 3 aromatic heterocycles. The zero-order valence-electron chi connectivity index (χ0n) is 14.4. The van der Waals surface area contributed by atoms with Gasteiger partial charge in [0.25, 0.3) is 0 Å². The van der Waals surface area contributed by atoms with Gasteiger partial charge in [-0.3, -0.25) is 5.10 Å². The zero-order valence-corrected chi connectivity index (χ0v) is 15.2.